The summed E-state index contributed by atoms with van der Waals surface area (Å²) in [5.41, 5.74) is 0.904. The number of methoxy groups -OCH3 is 1. The number of ether oxygens (including phenoxy) is 1. The van der Waals surface area contributed by atoms with Crippen molar-refractivity contribution in [2.75, 3.05) is 38.6 Å². The number of pyridine rings is 1. The molecule has 1 aliphatic heterocycles. The quantitative estimate of drug-likeness (QED) is 0.337. The molecule has 0 saturated carbocycles. The standard InChI is InChI=1S/C28H32F3N3O4/c1-17-16-33-23-4-3-19(38-2)15-20(23)25(17)24(35)5-6-28(27(36)37)7-10-34(11-8-28)12-9-32-26-21(30)13-18(29)14-22(26)31/h3-4,13-16,24,32,35H,5-12H2,1-2H3,(H,36,37)/t24-/m0/s1. The zero-order chi connectivity index (χ0) is 27.4. The van der Waals surface area contributed by atoms with Crippen LogP contribution in [0, 0.1) is 29.8 Å². The number of aryl methyl sites for hydroxylation is 1. The summed E-state index contributed by atoms with van der Waals surface area (Å²) in [4.78, 5) is 18.8. The zero-order valence-electron chi connectivity index (χ0n) is 21.4. The second-order valence-corrected chi connectivity index (χ2v) is 9.89. The molecule has 2 aromatic carbocycles. The summed E-state index contributed by atoms with van der Waals surface area (Å²) in [7, 11) is 1.57. The average molecular weight is 532 g/mol. The van der Waals surface area contributed by atoms with Gasteiger partial charge in [0.25, 0.3) is 0 Å². The second kappa shape index (κ2) is 11.6. The van der Waals surface area contributed by atoms with Crippen molar-refractivity contribution in [1.29, 1.82) is 0 Å². The minimum Gasteiger partial charge on any atom is -0.497 e. The first kappa shape index (κ1) is 27.7. The number of rotatable bonds is 10. The van der Waals surface area contributed by atoms with Crippen LogP contribution in [0.1, 0.15) is 42.9 Å². The largest absolute Gasteiger partial charge is 0.497 e. The van der Waals surface area contributed by atoms with E-state index in [2.05, 4.69) is 10.3 Å². The van der Waals surface area contributed by atoms with Crippen molar-refractivity contribution in [1.82, 2.24) is 9.88 Å². The van der Waals surface area contributed by atoms with Crippen molar-refractivity contribution in [2.45, 2.75) is 38.7 Å². The van der Waals surface area contributed by atoms with Gasteiger partial charge in [-0.3, -0.25) is 9.78 Å². The maximum absolute atomic E-state index is 13.8. The maximum Gasteiger partial charge on any atom is 0.309 e. The predicted molar refractivity (Wildman–Crippen MR) is 138 cm³/mol. The molecule has 1 fully saturated rings. The van der Waals surface area contributed by atoms with E-state index in [-0.39, 0.29) is 18.7 Å². The molecule has 1 aliphatic rings. The third-order valence-electron chi connectivity index (χ3n) is 7.55. The molecule has 1 saturated heterocycles. The lowest BCUT2D eigenvalue weighted by molar-refractivity contribution is -0.153. The molecule has 2 heterocycles. The van der Waals surface area contributed by atoms with Crippen LogP contribution in [0.25, 0.3) is 10.9 Å². The Bertz CT molecular complexity index is 1290. The number of aliphatic hydroxyl groups is 1. The first-order valence-electron chi connectivity index (χ1n) is 12.6. The smallest absolute Gasteiger partial charge is 0.309 e. The number of halogens is 3. The first-order valence-corrected chi connectivity index (χ1v) is 12.6. The molecule has 0 bridgehead atoms. The van der Waals surface area contributed by atoms with Crippen molar-refractivity contribution in [3.8, 4) is 5.75 Å². The Labute approximate surface area is 219 Å². The number of piperidine rings is 1. The van der Waals surface area contributed by atoms with E-state index in [9.17, 15) is 28.2 Å². The lowest BCUT2D eigenvalue weighted by atomic mass is 9.74. The van der Waals surface area contributed by atoms with Gasteiger partial charge in [-0.05, 0) is 75.0 Å². The van der Waals surface area contributed by atoms with Crippen LogP contribution in [0.15, 0.2) is 36.5 Å². The van der Waals surface area contributed by atoms with E-state index in [0.717, 1.165) is 22.0 Å². The van der Waals surface area contributed by atoms with Crippen LogP contribution in [0.5, 0.6) is 5.75 Å². The molecule has 1 atom stereocenters. The van der Waals surface area contributed by atoms with E-state index in [1.165, 1.54) is 0 Å². The molecule has 1 aromatic heterocycles. The van der Waals surface area contributed by atoms with Crippen molar-refractivity contribution in [3.63, 3.8) is 0 Å². The fourth-order valence-electron chi connectivity index (χ4n) is 5.24. The second-order valence-electron chi connectivity index (χ2n) is 9.89. The maximum atomic E-state index is 13.8. The first-order chi connectivity index (χ1) is 18.1. The molecule has 3 aromatic rings. The van der Waals surface area contributed by atoms with Gasteiger partial charge in [0.05, 0.1) is 24.1 Å². The number of aromatic nitrogens is 1. The van der Waals surface area contributed by atoms with E-state index in [0.29, 0.717) is 56.8 Å². The van der Waals surface area contributed by atoms with Gasteiger partial charge >= 0.3 is 5.97 Å². The van der Waals surface area contributed by atoms with E-state index in [1.54, 1.807) is 19.4 Å². The van der Waals surface area contributed by atoms with Gasteiger partial charge in [-0.25, -0.2) is 13.2 Å². The van der Waals surface area contributed by atoms with Gasteiger partial charge in [-0.1, -0.05) is 0 Å². The number of hydrogen-bond acceptors (Lipinski definition) is 6. The van der Waals surface area contributed by atoms with Crippen LogP contribution in [0.2, 0.25) is 0 Å². The Hall–Kier alpha value is -3.37. The topological polar surface area (TPSA) is 94.9 Å². The van der Waals surface area contributed by atoms with Crippen molar-refractivity contribution in [2.24, 2.45) is 5.41 Å². The van der Waals surface area contributed by atoms with Gasteiger partial charge in [-0.15, -0.1) is 0 Å². The number of aliphatic hydroxyl groups excluding tert-OH is 1. The Morgan fingerprint density at radius 2 is 1.87 bits per heavy atom. The number of likely N-dealkylation sites (tertiary alicyclic amines) is 1. The van der Waals surface area contributed by atoms with Gasteiger partial charge in [-0.2, -0.15) is 0 Å². The molecule has 3 N–H and O–H groups in total. The van der Waals surface area contributed by atoms with E-state index in [1.807, 2.05) is 24.0 Å². The summed E-state index contributed by atoms with van der Waals surface area (Å²) in [6.45, 7) is 3.52. The summed E-state index contributed by atoms with van der Waals surface area (Å²) in [5.74, 6) is -3.23. The molecule has 4 rings (SSSR count). The summed E-state index contributed by atoms with van der Waals surface area (Å²) in [6.07, 6.45) is 2.18. The number of benzene rings is 2. The molecule has 7 nitrogen and oxygen atoms in total. The van der Waals surface area contributed by atoms with Crippen LogP contribution in [-0.2, 0) is 4.79 Å². The number of carbonyl (C=O) groups is 1. The van der Waals surface area contributed by atoms with Gasteiger partial charge < -0.3 is 25.2 Å². The third-order valence-corrected chi connectivity index (χ3v) is 7.55. The highest BCUT2D eigenvalue weighted by Crippen LogP contribution is 2.40. The van der Waals surface area contributed by atoms with E-state index < -0.39 is 34.9 Å². The number of hydrogen-bond donors (Lipinski definition) is 3. The fourth-order valence-corrected chi connectivity index (χ4v) is 5.24. The van der Waals surface area contributed by atoms with E-state index in [4.69, 9.17) is 4.74 Å². The molecule has 0 radical (unpaired) electrons. The zero-order valence-corrected chi connectivity index (χ0v) is 21.4. The molecule has 0 amide bonds. The van der Waals surface area contributed by atoms with Crippen molar-refractivity contribution >= 4 is 22.6 Å². The van der Waals surface area contributed by atoms with Crippen molar-refractivity contribution < 1.29 is 32.9 Å². The number of nitrogens with zero attached hydrogens (tertiary/aromatic N) is 2. The minimum absolute atomic E-state index is 0.218. The molecule has 0 unspecified atom stereocenters. The highest BCUT2D eigenvalue weighted by atomic mass is 19.1. The van der Waals surface area contributed by atoms with Crippen LogP contribution in [-0.4, -0.2) is 59.4 Å². The monoisotopic (exact) mass is 531 g/mol. The van der Waals surface area contributed by atoms with Crippen molar-refractivity contribution in [3.05, 3.63) is 65.1 Å². The minimum atomic E-state index is -1.000. The molecule has 10 heteroatoms. The summed E-state index contributed by atoms with van der Waals surface area (Å²) < 4.78 is 46.1. The lowest BCUT2D eigenvalue weighted by Gasteiger charge is -2.39. The fraction of sp³-hybridized carbons (Fsp3) is 0.429. The van der Waals surface area contributed by atoms with Crippen LogP contribution in [0.4, 0.5) is 18.9 Å². The molecule has 204 valence electrons. The number of aliphatic carboxylic acids is 1. The van der Waals surface area contributed by atoms with Gasteiger partial charge in [0.15, 0.2) is 11.6 Å². The Kier molecular flexibility index (Phi) is 8.42. The average Bonchev–Trinajstić information content (AvgIpc) is 2.89. The third kappa shape index (κ3) is 5.86. The highest BCUT2D eigenvalue weighted by Gasteiger charge is 2.41. The molecular formula is C28H32F3N3O4. The predicted octanol–water partition coefficient (Wildman–Crippen LogP) is 5.06. The number of anilines is 1. The Morgan fingerprint density at radius 3 is 2.50 bits per heavy atom. The Morgan fingerprint density at radius 1 is 1.18 bits per heavy atom. The van der Waals surface area contributed by atoms with Gasteiger partial charge in [0.1, 0.15) is 17.3 Å². The SMILES string of the molecule is COc1ccc2ncc(C)c([C@@H](O)CCC3(C(=O)O)CCN(CCNc4c(F)cc(F)cc4F)CC3)c2c1. The van der Waals surface area contributed by atoms with E-state index >= 15 is 0 Å². The van der Waals surface area contributed by atoms with Crippen LogP contribution >= 0.6 is 0 Å². The molecule has 0 aliphatic carbocycles. The summed E-state index contributed by atoms with van der Waals surface area (Å²) in [6, 6.07) is 6.70. The van der Waals surface area contributed by atoms with Gasteiger partial charge in [0.2, 0.25) is 0 Å². The lowest BCUT2D eigenvalue weighted by Crippen LogP contribution is -2.45. The van der Waals surface area contributed by atoms with Crippen LogP contribution < -0.4 is 10.1 Å². The molecule has 0 spiro atoms. The summed E-state index contributed by atoms with van der Waals surface area (Å²) in [5, 5.41) is 24.7. The Balaban J connectivity index is 1.37. The molecular weight excluding hydrogens is 499 g/mol. The number of fused-ring (bicyclic) bond motifs is 1. The molecule has 38 heavy (non-hydrogen) atoms. The van der Waals surface area contributed by atoms with Crippen LogP contribution in [0.3, 0.4) is 0 Å². The number of carboxylic acids is 1. The number of nitrogens with one attached hydrogen (secondary N) is 1. The number of carboxylic acid groups (broad SMARTS) is 1. The normalized spacial score (nSPS) is 16.4. The van der Waals surface area contributed by atoms with Gasteiger partial charge in [0, 0.05) is 36.8 Å². The summed E-state index contributed by atoms with van der Waals surface area (Å²) >= 11 is 0. The highest BCUT2D eigenvalue weighted by molar-refractivity contribution is 5.85.